The highest BCUT2D eigenvalue weighted by atomic mass is 16.6. The summed E-state index contributed by atoms with van der Waals surface area (Å²) >= 11 is 0. The van der Waals surface area contributed by atoms with Crippen LogP contribution in [0.4, 0.5) is 5.69 Å². The number of esters is 1. The lowest BCUT2D eigenvalue weighted by Gasteiger charge is -2.02. The van der Waals surface area contributed by atoms with Crippen molar-refractivity contribution in [2.24, 2.45) is 4.99 Å². The number of nitro groups is 1. The summed E-state index contributed by atoms with van der Waals surface area (Å²) in [4.78, 5) is 26.9. The van der Waals surface area contributed by atoms with E-state index in [0.29, 0.717) is 28.4 Å². The van der Waals surface area contributed by atoms with E-state index in [2.05, 4.69) is 4.99 Å². The molecule has 0 bridgehead atoms. The third kappa shape index (κ3) is 3.77. The van der Waals surface area contributed by atoms with E-state index in [0.717, 1.165) is 0 Å². The predicted molar refractivity (Wildman–Crippen MR) is 104 cm³/mol. The number of carbonyl (C=O) groups is 1. The lowest BCUT2D eigenvalue weighted by atomic mass is 10.1. The molecule has 0 saturated heterocycles. The Kier molecular flexibility index (Phi) is 4.66. The van der Waals surface area contributed by atoms with Gasteiger partial charge in [-0.3, -0.25) is 10.1 Å². The molecular weight excluding hydrogens is 376 g/mol. The summed E-state index contributed by atoms with van der Waals surface area (Å²) in [6.07, 6.45) is 1.45. The van der Waals surface area contributed by atoms with Crippen molar-refractivity contribution < 1.29 is 23.6 Å². The third-order valence-corrected chi connectivity index (χ3v) is 4.18. The summed E-state index contributed by atoms with van der Waals surface area (Å²) < 4.78 is 16.1. The molecule has 0 atom stereocenters. The van der Waals surface area contributed by atoms with Crippen molar-refractivity contribution in [1.29, 1.82) is 0 Å². The molecule has 0 spiro atoms. The lowest BCUT2D eigenvalue weighted by Crippen LogP contribution is -2.05. The summed E-state index contributed by atoms with van der Waals surface area (Å²) in [5, 5.41) is 10.9. The second-order valence-corrected chi connectivity index (χ2v) is 6.08. The first kappa shape index (κ1) is 18.2. The number of ether oxygens (including phenoxy) is 2. The van der Waals surface area contributed by atoms with Gasteiger partial charge in [0.25, 0.3) is 5.69 Å². The molecule has 1 aliphatic heterocycles. The summed E-state index contributed by atoms with van der Waals surface area (Å²) in [5.74, 6) is 0.992. The van der Waals surface area contributed by atoms with Crippen LogP contribution in [0.25, 0.3) is 17.4 Å². The fourth-order valence-electron chi connectivity index (χ4n) is 2.78. The van der Waals surface area contributed by atoms with E-state index in [9.17, 15) is 14.9 Å². The van der Waals surface area contributed by atoms with Crippen LogP contribution in [0.5, 0.6) is 5.75 Å². The summed E-state index contributed by atoms with van der Waals surface area (Å²) in [7, 11) is 1.54. The molecular formula is C21H14N2O6. The van der Waals surface area contributed by atoms with Gasteiger partial charge in [-0.15, -0.1) is 0 Å². The Morgan fingerprint density at radius 2 is 1.86 bits per heavy atom. The van der Waals surface area contributed by atoms with Gasteiger partial charge in [-0.05, 0) is 30.3 Å². The Labute approximate surface area is 164 Å². The van der Waals surface area contributed by atoms with E-state index in [1.807, 2.05) is 0 Å². The molecule has 0 fully saturated rings. The van der Waals surface area contributed by atoms with E-state index >= 15 is 0 Å². The van der Waals surface area contributed by atoms with E-state index in [-0.39, 0.29) is 17.3 Å². The molecule has 29 heavy (non-hydrogen) atoms. The minimum absolute atomic E-state index is 0.0364. The summed E-state index contributed by atoms with van der Waals surface area (Å²) in [5.41, 5.74) is 1.21. The zero-order valence-corrected chi connectivity index (χ0v) is 15.2. The van der Waals surface area contributed by atoms with Gasteiger partial charge >= 0.3 is 5.97 Å². The Balaban J connectivity index is 1.61. The molecule has 1 aromatic heterocycles. The predicted octanol–water partition coefficient (Wildman–Crippen LogP) is 4.21. The largest absolute Gasteiger partial charge is 0.497 e. The number of carbonyl (C=O) groups excluding carboxylic acids is 1. The minimum atomic E-state index is -0.601. The molecule has 8 heteroatoms. The van der Waals surface area contributed by atoms with Crippen LogP contribution in [0.15, 0.2) is 75.8 Å². The molecule has 0 amide bonds. The second-order valence-electron chi connectivity index (χ2n) is 6.08. The molecule has 1 aliphatic rings. The molecule has 2 aromatic carbocycles. The number of rotatable bonds is 5. The molecule has 0 N–H and O–H groups in total. The number of cyclic esters (lactones) is 1. The second kappa shape index (κ2) is 7.43. The molecule has 0 radical (unpaired) electrons. The molecule has 3 aromatic rings. The minimum Gasteiger partial charge on any atom is -0.497 e. The molecule has 4 rings (SSSR count). The van der Waals surface area contributed by atoms with Crippen molar-refractivity contribution in [3.8, 4) is 17.1 Å². The Morgan fingerprint density at radius 3 is 2.66 bits per heavy atom. The molecule has 0 aliphatic carbocycles. The van der Waals surface area contributed by atoms with Crippen LogP contribution in [0.3, 0.4) is 0 Å². The Bertz CT molecular complexity index is 1180. The van der Waals surface area contributed by atoms with Crippen molar-refractivity contribution in [2.75, 3.05) is 7.11 Å². The van der Waals surface area contributed by atoms with Crippen LogP contribution < -0.4 is 4.74 Å². The van der Waals surface area contributed by atoms with Gasteiger partial charge in [-0.25, -0.2) is 9.79 Å². The third-order valence-electron chi connectivity index (χ3n) is 4.18. The number of benzene rings is 2. The Morgan fingerprint density at radius 1 is 1.07 bits per heavy atom. The molecule has 0 unspecified atom stereocenters. The topological polar surface area (TPSA) is 104 Å². The molecule has 144 valence electrons. The maximum atomic E-state index is 12.2. The lowest BCUT2D eigenvalue weighted by molar-refractivity contribution is -0.384. The number of non-ortho nitro benzene ring substituents is 1. The number of furan rings is 1. The van der Waals surface area contributed by atoms with Crippen LogP contribution in [0, 0.1) is 10.1 Å². The zero-order chi connectivity index (χ0) is 20.4. The van der Waals surface area contributed by atoms with Crippen molar-refractivity contribution in [1.82, 2.24) is 0 Å². The van der Waals surface area contributed by atoms with Crippen LogP contribution in [-0.4, -0.2) is 23.9 Å². The number of nitro benzene ring substituents is 1. The normalized spacial score (nSPS) is 14.6. The van der Waals surface area contributed by atoms with Crippen LogP contribution in [-0.2, 0) is 9.53 Å². The maximum Gasteiger partial charge on any atom is 0.363 e. The highest BCUT2D eigenvalue weighted by Crippen LogP contribution is 2.28. The highest BCUT2D eigenvalue weighted by molar-refractivity contribution is 6.12. The molecule has 0 saturated carbocycles. The fourth-order valence-corrected chi connectivity index (χ4v) is 2.78. The van der Waals surface area contributed by atoms with E-state index in [1.165, 1.54) is 18.2 Å². The van der Waals surface area contributed by atoms with E-state index in [4.69, 9.17) is 13.9 Å². The van der Waals surface area contributed by atoms with Crippen molar-refractivity contribution in [3.63, 3.8) is 0 Å². The van der Waals surface area contributed by atoms with Gasteiger partial charge in [0.1, 0.15) is 17.3 Å². The molecule has 8 nitrogen and oxygen atoms in total. The first-order valence-electron chi connectivity index (χ1n) is 8.55. The number of aliphatic imine (C=N–C) groups is 1. The average molecular weight is 390 g/mol. The van der Waals surface area contributed by atoms with Gasteiger partial charge in [0.05, 0.1) is 12.0 Å². The standard InChI is InChI=1S/C21H14N2O6/c1-27-16-7-3-5-14(11-16)20-22-18(21(24)29-20)12-17-8-9-19(28-17)13-4-2-6-15(10-13)23(25)26/h2-12H,1H3/b18-12-. The number of hydrogen-bond acceptors (Lipinski definition) is 7. The van der Waals surface area contributed by atoms with Gasteiger partial charge in [0.2, 0.25) is 5.90 Å². The number of methoxy groups -OCH3 is 1. The number of nitrogens with zero attached hydrogens (tertiary/aromatic N) is 2. The summed E-state index contributed by atoms with van der Waals surface area (Å²) in [6.45, 7) is 0. The highest BCUT2D eigenvalue weighted by Gasteiger charge is 2.25. The SMILES string of the molecule is COc1cccc(C2=N/C(=C\c3ccc(-c4cccc([N+](=O)[O-])c4)o3)C(=O)O2)c1. The smallest absolute Gasteiger partial charge is 0.363 e. The van der Waals surface area contributed by atoms with Gasteiger partial charge in [-0.1, -0.05) is 18.2 Å². The quantitative estimate of drug-likeness (QED) is 0.280. The van der Waals surface area contributed by atoms with Crippen molar-refractivity contribution in [3.05, 3.63) is 87.8 Å². The summed E-state index contributed by atoms with van der Waals surface area (Å²) in [6, 6.07) is 16.4. The van der Waals surface area contributed by atoms with Gasteiger partial charge < -0.3 is 13.9 Å². The average Bonchev–Trinajstić information content (AvgIpc) is 3.35. The zero-order valence-electron chi connectivity index (χ0n) is 15.2. The van der Waals surface area contributed by atoms with Gasteiger partial charge in [-0.2, -0.15) is 0 Å². The van der Waals surface area contributed by atoms with Crippen molar-refractivity contribution >= 4 is 23.6 Å². The van der Waals surface area contributed by atoms with Crippen LogP contribution in [0.2, 0.25) is 0 Å². The van der Waals surface area contributed by atoms with Crippen LogP contribution >= 0.6 is 0 Å². The fraction of sp³-hybridized carbons (Fsp3) is 0.0476. The maximum absolute atomic E-state index is 12.2. The van der Waals surface area contributed by atoms with Gasteiger partial charge in [0, 0.05) is 29.3 Å². The van der Waals surface area contributed by atoms with Gasteiger partial charge in [0.15, 0.2) is 5.70 Å². The number of hydrogen-bond donors (Lipinski definition) is 0. The Hall–Kier alpha value is -4.20. The van der Waals surface area contributed by atoms with E-state index < -0.39 is 10.9 Å². The van der Waals surface area contributed by atoms with Crippen LogP contribution in [0.1, 0.15) is 11.3 Å². The first-order valence-corrected chi connectivity index (χ1v) is 8.55. The first-order chi connectivity index (χ1) is 14.0. The van der Waals surface area contributed by atoms with Crippen molar-refractivity contribution in [2.45, 2.75) is 0 Å². The molecule has 2 heterocycles. The monoisotopic (exact) mass is 390 g/mol. The van der Waals surface area contributed by atoms with E-state index in [1.54, 1.807) is 55.6 Å².